The van der Waals surface area contributed by atoms with E-state index in [0.29, 0.717) is 6.54 Å². The van der Waals surface area contributed by atoms with Gasteiger partial charge < -0.3 is 5.32 Å². The first-order chi connectivity index (χ1) is 5.75. The Morgan fingerprint density at radius 2 is 2.42 bits per heavy atom. The number of aryl methyl sites for hydroxylation is 1. The molecule has 0 aliphatic rings. The highest BCUT2D eigenvalue weighted by molar-refractivity contribution is 5.98. The van der Waals surface area contributed by atoms with Gasteiger partial charge in [0.15, 0.2) is 5.78 Å². The summed E-state index contributed by atoms with van der Waals surface area (Å²) in [5.41, 5.74) is 1.68. The third-order valence-electron chi connectivity index (χ3n) is 1.66. The van der Waals surface area contributed by atoms with Crippen LogP contribution in [0.3, 0.4) is 0 Å². The van der Waals surface area contributed by atoms with Crippen LogP contribution in [0.25, 0.3) is 0 Å². The number of carbonyl (C=O) groups is 1. The van der Waals surface area contributed by atoms with Crippen LogP contribution in [0, 0.1) is 6.92 Å². The first-order valence-corrected chi connectivity index (χ1v) is 3.84. The summed E-state index contributed by atoms with van der Waals surface area (Å²) in [5.74, 6) is 0.109. The number of aromatic nitrogens is 1. The molecule has 0 spiro atoms. The van der Waals surface area contributed by atoms with Crippen LogP contribution < -0.4 is 5.32 Å². The Bertz CT molecular complexity index is 284. The van der Waals surface area contributed by atoms with E-state index in [-0.39, 0.29) is 5.78 Å². The number of nitrogens with zero attached hydrogens (tertiary/aromatic N) is 1. The number of hydrogen-bond donors (Lipinski definition) is 1. The Hall–Kier alpha value is -1.22. The molecule has 3 heteroatoms. The van der Waals surface area contributed by atoms with Crippen molar-refractivity contribution in [2.75, 3.05) is 13.6 Å². The van der Waals surface area contributed by atoms with Crippen molar-refractivity contribution in [3.05, 3.63) is 29.6 Å². The van der Waals surface area contributed by atoms with Gasteiger partial charge in [-0.2, -0.15) is 0 Å². The van der Waals surface area contributed by atoms with Gasteiger partial charge in [-0.25, -0.2) is 0 Å². The minimum atomic E-state index is 0.109. The lowest BCUT2D eigenvalue weighted by molar-refractivity contribution is 0.0993. The van der Waals surface area contributed by atoms with Crippen LogP contribution in [0.5, 0.6) is 0 Å². The first-order valence-electron chi connectivity index (χ1n) is 3.84. The maximum Gasteiger partial charge on any atom is 0.176 e. The van der Waals surface area contributed by atoms with Gasteiger partial charge in [0.2, 0.25) is 0 Å². The van der Waals surface area contributed by atoms with Crippen molar-refractivity contribution in [3.63, 3.8) is 0 Å². The highest BCUT2D eigenvalue weighted by atomic mass is 16.1. The molecule has 1 heterocycles. The molecule has 0 atom stereocenters. The normalized spacial score (nSPS) is 9.83. The largest absolute Gasteiger partial charge is 0.313 e. The lowest BCUT2D eigenvalue weighted by atomic mass is 10.1. The summed E-state index contributed by atoms with van der Waals surface area (Å²) in [6, 6.07) is 1.75. The molecule has 0 saturated carbocycles. The Labute approximate surface area is 71.8 Å². The zero-order valence-corrected chi connectivity index (χ0v) is 7.29. The average Bonchev–Trinajstić information content (AvgIpc) is 2.05. The highest BCUT2D eigenvalue weighted by Crippen LogP contribution is 2.04. The summed E-state index contributed by atoms with van der Waals surface area (Å²) in [6.07, 6.45) is 3.33. The van der Waals surface area contributed by atoms with Crippen LogP contribution in [0.2, 0.25) is 0 Å². The van der Waals surface area contributed by atoms with Crippen molar-refractivity contribution in [2.24, 2.45) is 0 Å². The monoisotopic (exact) mass is 164 g/mol. The molecule has 1 aromatic heterocycles. The van der Waals surface area contributed by atoms with Gasteiger partial charge in [-0.3, -0.25) is 9.78 Å². The van der Waals surface area contributed by atoms with Crippen molar-refractivity contribution in [1.29, 1.82) is 0 Å². The van der Waals surface area contributed by atoms with Gasteiger partial charge in [-0.15, -0.1) is 0 Å². The van der Waals surface area contributed by atoms with Crippen molar-refractivity contribution in [2.45, 2.75) is 6.92 Å². The Balaban J connectivity index is 2.87. The lowest BCUT2D eigenvalue weighted by Gasteiger charge is -2.02. The van der Waals surface area contributed by atoms with Crippen LogP contribution in [-0.2, 0) is 0 Å². The van der Waals surface area contributed by atoms with Gasteiger partial charge in [0.05, 0.1) is 6.54 Å². The standard InChI is InChI=1S/C9H12N2O/c1-7-5-11-4-3-8(7)9(12)6-10-2/h3-5,10H,6H2,1-2H3. The zero-order chi connectivity index (χ0) is 8.97. The molecule has 0 aliphatic carbocycles. The molecule has 0 aromatic carbocycles. The Morgan fingerprint density at radius 3 is 3.00 bits per heavy atom. The summed E-state index contributed by atoms with van der Waals surface area (Å²) in [5, 5.41) is 2.82. The van der Waals surface area contributed by atoms with Gasteiger partial charge in [0.25, 0.3) is 0 Å². The average molecular weight is 164 g/mol. The minimum absolute atomic E-state index is 0.109. The van der Waals surface area contributed by atoms with Crippen molar-refractivity contribution >= 4 is 5.78 Å². The van der Waals surface area contributed by atoms with Crippen LogP contribution >= 0.6 is 0 Å². The molecule has 0 fully saturated rings. The minimum Gasteiger partial charge on any atom is -0.313 e. The number of carbonyl (C=O) groups excluding carboxylic acids is 1. The van der Waals surface area contributed by atoms with Gasteiger partial charge in [-0.05, 0) is 25.6 Å². The molecule has 1 aromatic rings. The van der Waals surface area contributed by atoms with E-state index in [1.165, 1.54) is 0 Å². The molecule has 1 rings (SSSR count). The fourth-order valence-corrected chi connectivity index (χ4v) is 1.04. The number of hydrogen-bond acceptors (Lipinski definition) is 3. The predicted octanol–water partition coefficient (Wildman–Crippen LogP) is 0.792. The molecule has 0 bridgehead atoms. The summed E-state index contributed by atoms with van der Waals surface area (Å²) in [6.45, 7) is 2.26. The topological polar surface area (TPSA) is 42.0 Å². The molecule has 64 valence electrons. The van der Waals surface area contributed by atoms with Crippen LogP contribution in [0.4, 0.5) is 0 Å². The summed E-state index contributed by atoms with van der Waals surface area (Å²) >= 11 is 0. The second-order valence-corrected chi connectivity index (χ2v) is 2.64. The van der Waals surface area contributed by atoms with Gasteiger partial charge in [0, 0.05) is 18.0 Å². The van der Waals surface area contributed by atoms with E-state index in [4.69, 9.17) is 0 Å². The van der Waals surface area contributed by atoms with E-state index in [1.54, 1.807) is 25.5 Å². The van der Waals surface area contributed by atoms with Crippen LogP contribution in [-0.4, -0.2) is 24.4 Å². The fraction of sp³-hybridized carbons (Fsp3) is 0.333. The predicted molar refractivity (Wildman–Crippen MR) is 47.2 cm³/mol. The smallest absolute Gasteiger partial charge is 0.176 e. The molecular formula is C9H12N2O. The van der Waals surface area contributed by atoms with Gasteiger partial charge in [0.1, 0.15) is 0 Å². The molecule has 12 heavy (non-hydrogen) atoms. The van der Waals surface area contributed by atoms with E-state index < -0.39 is 0 Å². The number of ketones is 1. The third-order valence-corrected chi connectivity index (χ3v) is 1.66. The number of Topliss-reactive ketones (excluding diaryl/α,β-unsaturated/α-hetero) is 1. The molecular weight excluding hydrogens is 152 g/mol. The molecule has 0 saturated heterocycles. The maximum absolute atomic E-state index is 11.4. The SMILES string of the molecule is CNCC(=O)c1ccncc1C. The van der Waals surface area contributed by atoms with Crippen molar-refractivity contribution in [3.8, 4) is 0 Å². The van der Waals surface area contributed by atoms with Gasteiger partial charge in [-0.1, -0.05) is 0 Å². The summed E-state index contributed by atoms with van der Waals surface area (Å²) in [4.78, 5) is 15.3. The quantitative estimate of drug-likeness (QED) is 0.672. The van der Waals surface area contributed by atoms with E-state index in [9.17, 15) is 4.79 Å². The summed E-state index contributed by atoms with van der Waals surface area (Å²) in [7, 11) is 1.76. The number of likely N-dealkylation sites (N-methyl/N-ethyl adjacent to an activating group) is 1. The van der Waals surface area contributed by atoms with Crippen LogP contribution in [0.1, 0.15) is 15.9 Å². The summed E-state index contributed by atoms with van der Waals surface area (Å²) < 4.78 is 0. The van der Waals surface area contributed by atoms with E-state index in [0.717, 1.165) is 11.1 Å². The second kappa shape index (κ2) is 3.97. The first kappa shape index (κ1) is 8.87. The lowest BCUT2D eigenvalue weighted by Crippen LogP contribution is -2.19. The Kier molecular flexibility index (Phi) is 2.94. The highest BCUT2D eigenvalue weighted by Gasteiger charge is 2.06. The maximum atomic E-state index is 11.4. The van der Waals surface area contributed by atoms with E-state index in [2.05, 4.69) is 10.3 Å². The van der Waals surface area contributed by atoms with Gasteiger partial charge >= 0.3 is 0 Å². The fourth-order valence-electron chi connectivity index (χ4n) is 1.04. The molecule has 1 N–H and O–H groups in total. The molecule has 0 amide bonds. The zero-order valence-electron chi connectivity index (χ0n) is 7.29. The Morgan fingerprint density at radius 1 is 1.67 bits per heavy atom. The van der Waals surface area contributed by atoms with E-state index >= 15 is 0 Å². The van der Waals surface area contributed by atoms with Crippen LogP contribution in [0.15, 0.2) is 18.5 Å². The van der Waals surface area contributed by atoms with Crippen molar-refractivity contribution in [1.82, 2.24) is 10.3 Å². The molecule has 3 nitrogen and oxygen atoms in total. The molecule has 0 aliphatic heterocycles. The van der Waals surface area contributed by atoms with Crippen molar-refractivity contribution < 1.29 is 4.79 Å². The molecule has 0 unspecified atom stereocenters. The number of nitrogens with one attached hydrogen (secondary N) is 1. The number of rotatable bonds is 3. The van der Waals surface area contributed by atoms with E-state index in [1.807, 2.05) is 6.92 Å². The third kappa shape index (κ3) is 1.89. The second-order valence-electron chi connectivity index (χ2n) is 2.64. The molecule has 0 radical (unpaired) electrons. The number of pyridine rings is 1.